The third-order valence-corrected chi connectivity index (χ3v) is 3.78. The van der Waals surface area contributed by atoms with Crippen molar-refractivity contribution in [2.45, 2.75) is 6.92 Å². The van der Waals surface area contributed by atoms with E-state index in [2.05, 4.69) is 0 Å². The number of esters is 1. The highest BCUT2D eigenvalue weighted by Crippen LogP contribution is 2.25. The normalized spacial score (nSPS) is 10.9. The van der Waals surface area contributed by atoms with Crippen LogP contribution in [0.4, 0.5) is 0 Å². The summed E-state index contributed by atoms with van der Waals surface area (Å²) in [5, 5.41) is 2.17. The molecule has 0 aliphatic heterocycles. The zero-order chi connectivity index (χ0) is 16.9. The van der Waals surface area contributed by atoms with Gasteiger partial charge in [-0.2, -0.15) is 0 Å². The van der Waals surface area contributed by atoms with E-state index in [1.165, 1.54) is 6.08 Å². The number of fused-ring (bicyclic) bond motifs is 1. The fraction of sp³-hybridized carbons (Fsp3) is 0.0952. The van der Waals surface area contributed by atoms with Crippen LogP contribution in [0.2, 0.25) is 0 Å². The number of methoxy groups -OCH3 is 1. The Morgan fingerprint density at radius 3 is 2.29 bits per heavy atom. The summed E-state index contributed by atoms with van der Waals surface area (Å²) in [6.07, 6.45) is 3.15. The van der Waals surface area contributed by atoms with Gasteiger partial charge in [0.1, 0.15) is 11.5 Å². The summed E-state index contributed by atoms with van der Waals surface area (Å²) >= 11 is 0. The van der Waals surface area contributed by atoms with Gasteiger partial charge in [-0.15, -0.1) is 0 Å². The van der Waals surface area contributed by atoms with Crippen LogP contribution in [0.5, 0.6) is 11.5 Å². The Kier molecular flexibility index (Phi) is 4.62. The van der Waals surface area contributed by atoms with Gasteiger partial charge >= 0.3 is 5.97 Å². The molecule has 0 radical (unpaired) electrons. The van der Waals surface area contributed by atoms with Gasteiger partial charge in [-0.25, -0.2) is 4.79 Å². The van der Waals surface area contributed by atoms with Crippen molar-refractivity contribution in [3.05, 3.63) is 77.9 Å². The average molecular weight is 318 g/mol. The molecule has 3 aromatic rings. The van der Waals surface area contributed by atoms with E-state index in [0.717, 1.165) is 27.6 Å². The van der Waals surface area contributed by atoms with E-state index in [9.17, 15) is 4.79 Å². The van der Waals surface area contributed by atoms with Crippen molar-refractivity contribution < 1.29 is 14.3 Å². The molecular weight excluding hydrogens is 300 g/mol. The second-order valence-corrected chi connectivity index (χ2v) is 5.49. The molecule has 0 atom stereocenters. The van der Waals surface area contributed by atoms with E-state index in [1.807, 2.05) is 67.6 Å². The number of carbonyl (C=O) groups is 1. The molecule has 0 fully saturated rings. The number of hydrogen-bond donors (Lipinski definition) is 0. The predicted molar refractivity (Wildman–Crippen MR) is 96.3 cm³/mol. The minimum absolute atomic E-state index is 0.399. The Morgan fingerprint density at radius 2 is 1.62 bits per heavy atom. The van der Waals surface area contributed by atoms with Crippen LogP contribution < -0.4 is 9.47 Å². The van der Waals surface area contributed by atoms with E-state index in [0.29, 0.717) is 5.75 Å². The van der Waals surface area contributed by atoms with Crippen LogP contribution in [0, 0.1) is 6.92 Å². The Labute approximate surface area is 141 Å². The van der Waals surface area contributed by atoms with Gasteiger partial charge in [0.2, 0.25) is 0 Å². The first-order valence-electron chi connectivity index (χ1n) is 7.69. The van der Waals surface area contributed by atoms with Crippen molar-refractivity contribution in [1.29, 1.82) is 0 Å². The van der Waals surface area contributed by atoms with Gasteiger partial charge in [-0.1, -0.05) is 36.4 Å². The Bertz CT molecular complexity index is 893. The molecule has 3 heteroatoms. The first kappa shape index (κ1) is 15.8. The fourth-order valence-corrected chi connectivity index (χ4v) is 2.46. The third-order valence-electron chi connectivity index (χ3n) is 3.78. The highest BCUT2D eigenvalue weighted by Gasteiger charge is 2.06. The number of benzene rings is 3. The molecule has 0 aliphatic carbocycles. The maximum atomic E-state index is 12.1. The molecule has 0 saturated heterocycles. The molecule has 0 aromatic heterocycles. The zero-order valence-corrected chi connectivity index (χ0v) is 13.7. The van der Waals surface area contributed by atoms with Crippen molar-refractivity contribution in [2.75, 3.05) is 7.11 Å². The van der Waals surface area contributed by atoms with Gasteiger partial charge < -0.3 is 9.47 Å². The standard InChI is InChI=1S/C21H18O3/c1-15-13-17-5-3-4-6-18(17)14-20(15)24-21(22)12-9-16-7-10-19(23-2)11-8-16/h3-14H,1-2H3/b12-9+. The summed E-state index contributed by atoms with van der Waals surface area (Å²) in [6, 6.07) is 19.4. The summed E-state index contributed by atoms with van der Waals surface area (Å²) in [7, 11) is 1.62. The second-order valence-electron chi connectivity index (χ2n) is 5.49. The molecular formula is C21H18O3. The number of carbonyl (C=O) groups excluding carboxylic acids is 1. The van der Waals surface area contributed by atoms with Crippen LogP contribution >= 0.6 is 0 Å². The van der Waals surface area contributed by atoms with Crippen LogP contribution in [-0.4, -0.2) is 13.1 Å². The van der Waals surface area contributed by atoms with Gasteiger partial charge in [0, 0.05) is 6.08 Å². The zero-order valence-electron chi connectivity index (χ0n) is 13.7. The summed E-state index contributed by atoms with van der Waals surface area (Å²) in [5.74, 6) is 0.962. The number of hydrogen-bond acceptors (Lipinski definition) is 3. The SMILES string of the molecule is COc1ccc(/C=C/C(=O)Oc2cc3ccccc3cc2C)cc1. The van der Waals surface area contributed by atoms with Crippen molar-refractivity contribution in [3.8, 4) is 11.5 Å². The minimum Gasteiger partial charge on any atom is -0.497 e. The third kappa shape index (κ3) is 3.63. The van der Waals surface area contributed by atoms with Crippen LogP contribution in [0.15, 0.2) is 66.7 Å². The van der Waals surface area contributed by atoms with Crippen LogP contribution in [0.1, 0.15) is 11.1 Å². The molecule has 3 rings (SSSR count). The highest BCUT2D eigenvalue weighted by atomic mass is 16.5. The molecule has 120 valence electrons. The molecule has 0 N–H and O–H groups in total. The summed E-state index contributed by atoms with van der Waals surface area (Å²) in [5.41, 5.74) is 1.84. The maximum Gasteiger partial charge on any atom is 0.336 e. The lowest BCUT2D eigenvalue weighted by atomic mass is 10.1. The van der Waals surface area contributed by atoms with E-state index >= 15 is 0 Å². The topological polar surface area (TPSA) is 35.5 Å². The molecule has 0 bridgehead atoms. The van der Waals surface area contributed by atoms with Crippen molar-refractivity contribution in [2.24, 2.45) is 0 Å². The van der Waals surface area contributed by atoms with Gasteiger partial charge in [-0.05, 0) is 59.2 Å². The lowest BCUT2D eigenvalue weighted by Crippen LogP contribution is -2.04. The molecule has 0 spiro atoms. The molecule has 0 aliphatic rings. The van der Waals surface area contributed by atoms with Crippen molar-refractivity contribution in [1.82, 2.24) is 0 Å². The summed E-state index contributed by atoms with van der Waals surface area (Å²) in [6.45, 7) is 1.93. The first-order chi connectivity index (χ1) is 11.7. The van der Waals surface area contributed by atoms with Gasteiger partial charge in [0.15, 0.2) is 0 Å². The van der Waals surface area contributed by atoms with E-state index < -0.39 is 5.97 Å². The Balaban J connectivity index is 1.74. The number of aryl methyl sites for hydroxylation is 1. The molecule has 3 nitrogen and oxygen atoms in total. The van der Waals surface area contributed by atoms with E-state index in [-0.39, 0.29) is 0 Å². The fourth-order valence-electron chi connectivity index (χ4n) is 2.46. The van der Waals surface area contributed by atoms with Gasteiger partial charge in [0.25, 0.3) is 0 Å². The van der Waals surface area contributed by atoms with Crippen molar-refractivity contribution >= 4 is 22.8 Å². The number of ether oxygens (including phenoxy) is 2. The monoisotopic (exact) mass is 318 g/mol. The van der Waals surface area contributed by atoms with Crippen LogP contribution in [0.25, 0.3) is 16.8 Å². The molecule has 0 heterocycles. The summed E-state index contributed by atoms with van der Waals surface area (Å²) < 4.78 is 10.6. The van der Waals surface area contributed by atoms with Crippen LogP contribution in [-0.2, 0) is 4.79 Å². The van der Waals surface area contributed by atoms with E-state index in [4.69, 9.17) is 9.47 Å². The van der Waals surface area contributed by atoms with Crippen LogP contribution in [0.3, 0.4) is 0 Å². The quantitative estimate of drug-likeness (QED) is 0.395. The smallest absolute Gasteiger partial charge is 0.336 e. The van der Waals surface area contributed by atoms with Gasteiger partial charge in [-0.3, -0.25) is 0 Å². The van der Waals surface area contributed by atoms with Gasteiger partial charge in [0.05, 0.1) is 7.11 Å². The van der Waals surface area contributed by atoms with Crippen molar-refractivity contribution in [3.63, 3.8) is 0 Å². The second kappa shape index (κ2) is 7.01. The maximum absolute atomic E-state index is 12.1. The molecule has 0 unspecified atom stereocenters. The molecule has 0 amide bonds. The molecule has 24 heavy (non-hydrogen) atoms. The minimum atomic E-state index is -0.399. The lowest BCUT2D eigenvalue weighted by Gasteiger charge is -2.07. The predicted octanol–water partition coefficient (Wildman–Crippen LogP) is 4.78. The Morgan fingerprint density at radius 1 is 0.958 bits per heavy atom. The Hall–Kier alpha value is -3.07. The average Bonchev–Trinajstić information content (AvgIpc) is 2.61. The molecule has 0 saturated carbocycles. The van der Waals surface area contributed by atoms with E-state index in [1.54, 1.807) is 13.2 Å². The first-order valence-corrected chi connectivity index (χ1v) is 7.69. The largest absolute Gasteiger partial charge is 0.497 e. The lowest BCUT2D eigenvalue weighted by molar-refractivity contribution is -0.128. The summed E-state index contributed by atoms with van der Waals surface area (Å²) in [4.78, 5) is 12.1. The number of rotatable bonds is 4. The molecule has 3 aromatic carbocycles. The highest BCUT2D eigenvalue weighted by molar-refractivity contribution is 5.90.